The van der Waals surface area contributed by atoms with Gasteiger partial charge in [0.25, 0.3) is 11.8 Å². The molecule has 2 aliphatic heterocycles. The zero-order chi connectivity index (χ0) is 24.8. The van der Waals surface area contributed by atoms with Crippen LogP contribution >= 0.6 is 11.6 Å². The third-order valence-corrected chi connectivity index (χ3v) is 7.19. The number of nitrogens with one attached hydrogen (secondary N) is 1. The molecule has 2 aromatic carbocycles. The highest BCUT2D eigenvalue weighted by atomic mass is 35.5. The molecule has 35 heavy (non-hydrogen) atoms. The number of piperidine rings is 2. The van der Waals surface area contributed by atoms with Gasteiger partial charge in [-0.2, -0.15) is 0 Å². The van der Waals surface area contributed by atoms with Crippen molar-refractivity contribution in [1.82, 2.24) is 15.1 Å². The highest BCUT2D eigenvalue weighted by Gasteiger charge is 2.36. The summed E-state index contributed by atoms with van der Waals surface area (Å²) in [5.41, 5.74) is 1.05. The molecule has 0 spiro atoms. The minimum Gasteiger partial charge on any atom is -0.497 e. The van der Waals surface area contributed by atoms with Gasteiger partial charge in [-0.25, -0.2) is 0 Å². The van der Waals surface area contributed by atoms with Crippen molar-refractivity contribution < 1.29 is 19.1 Å². The van der Waals surface area contributed by atoms with E-state index in [1.165, 1.54) is 0 Å². The lowest BCUT2D eigenvalue weighted by molar-refractivity contribution is -0.136. The van der Waals surface area contributed by atoms with E-state index < -0.39 is 6.04 Å². The fourth-order valence-corrected chi connectivity index (χ4v) is 5.02. The predicted octanol–water partition coefficient (Wildman–Crippen LogP) is 4.01. The zero-order valence-corrected chi connectivity index (χ0v) is 20.8. The van der Waals surface area contributed by atoms with Crippen molar-refractivity contribution >= 4 is 29.3 Å². The molecule has 1 N–H and O–H groups in total. The monoisotopic (exact) mass is 497 g/mol. The highest BCUT2D eigenvalue weighted by Crippen LogP contribution is 2.25. The van der Waals surface area contributed by atoms with Crippen LogP contribution in [0.2, 0.25) is 5.02 Å². The van der Waals surface area contributed by atoms with Crippen LogP contribution in [-0.4, -0.2) is 66.9 Å². The van der Waals surface area contributed by atoms with Crippen LogP contribution in [0.3, 0.4) is 0 Å². The smallest absolute Gasteiger partial charge is 0.253 e. The van der Waals surface area contributed by atoms with Crippen molar-refractivity contribution in [1.29, 1.82) is 0 Å². The van der Waals surface area contributed by atoms with Crippen LogP contribution in [0.25, 0.3) is 0 Å². The third-order valence-electron chi connectivity index (χ3n) is 6.94. The molecule has 2 aromatic rings. The summed E-state index contributed by atoms with van der Waals surface area (Å²) >= 11 is 5.95. The molecule has 2 heterocycles. The number of carbonyl (C=O) groups is 3. The van der Waals surface area contributed by atoms with Crippen LogP contribution in [0, 0.1) is 5.92 Å². The molecule has 3 amide bonds. The Bertz CT molecular complexity index is 1040. The number of benzene rings is 2. The van der Waals surface area contributed by atoms with Crippen LogP contribution in [0.5, 0.6) is 5.75 Å². The zero-order valence-electron chi connectivity index (χ0n) is 20.0. The number of methoxy groups -OCH3 is 1. The predicted molar refractivity (Wildman–Crippen MR) is 135 cm³/mol. The maximum absolute atomic E-state index is 13.5. The lowest BCUT2D eigenvalue weighted by Crippen LogP contribution is -2.55. The molecule has 7 nitrogen and oxygen atoms in total. The quantitative estimate of drug-likeness (QED) is 0.654. The Morgan fingerprint density at radius 1 is 0.914 bits per heavy atom. The standard InChI is InChI=1S/C27H32ClN3O4/c1-35-23-7-5-6-21(18-23)25(32)29-24(27(34)30-14-3-2-4-15-30)19-12-16-31(17-13-19)26(33)20-8-10-22(28)11-9-20/h5-11,18-19,24H,2-4,12-17H2,1H3,(H,29,32). The first-order valence-electron chi connectivity index (χ1n) is 12.2. The third kappa shape index (κ3) is 6.14. The van der Waals surface area contributed by atoms with Crippen molar-refractivity contribution in [2.24, 2.45) is 5.92 Å². The molecular formula is C27H32ClN3O4. The second-order valence-electron chi connectivity index (χ2n) is 9.21. The van der Waals surface area contributed by atoms with E-state index >= 15 is 0 Å². The molecule has 8 heteroatoms. The van der Waals surface area contributed by atoms with Crippen molar-refractivity contribution in [2.45, 2.75) is 38.1 Å². The van der Waals surface area contributed by atoms with Crippen LogP contribution in [0.4, 0.5) is 0 Å². The normalized spacial score (nSPS) is 17.5. The maximum Gasteiger partial charge on any atom is 0.253 e. The van der Waals surface area contributed by atoms with Gasteiger partial charge in [0, 0.05) is 42.3 Å². The average Bonchev–Trinajstić information content (AvgIpc) is 2.92. The minimum absolute atomic E-state index is 0.0246. The SMILES string of the molecule is COc1cccc(C(=O)NC(C(=O)N2CCCCC2)C2CCN(C(=O)c3ccc(Cl)cc3)CC2)c1. The van der Waals surface area contributed by atoms with E-state index in [4.69, 9.17) is 16.3 Å². The fourth-order valence-electron chi connectivity index (χ4n) is 4.89. The summed E-state index contributed by atoms with van der Waals surface area (Å²) in [6.07, 6.45) is 4.37. The highest BCUT2D eigenvalue weighted by molar-refractivity contribution is 6.30. The van der Waals surface area contributed by atoms with Gasteiger partial charge in [-0.1, -0.05) is 17.7 Å². The molecule has 2 aliphatic rings. The first kappa shape index (κ1) is 25.0. The van der Waals surface area contributed by atoms with Crippen molar-refractivity contribution in [3.8, 4) is 5.75 Å². The van der Waals surface area contributed by atoms with Gasteiger partial charge in [0.05, 0.1) is 7.11 Å². The molecular weight excluding hydrogens is 466 g/mol. The number of rotatable bonds is 6. The van der Waals surface area contributed by atoms with Gasteiger partial charge in [-0.05, 0) is 80.5 Å². The van der Waals surface area contributed by atoms with Crippen molar-refractivity contribution in [3.05, 3.63) is 64.7 Å². The Balaban J connectivity index is 1.47. The minimum atomic E-state index is -0.625. The number of nitrogens with zero attached hydrogens (tertiary/aromatic N) is 2. The largest absolute Gasteiger partial charge is 0.497 e. The Hall–Kier alpha value is -3.06. The number of carbonyl (C=O) groups excluding carboxylic acids is 3. The Morgan fingerprint density at radius 2 is 1.60 bits per heavy atom. The van der Waals surface area contributed by atoms with Gasteiger partial charge < -0.3 is 19.9 Å². The fraction of sp³-hybridized carbons (Fsp3) is 0.444. The van der Waals surface area contributed by atoms with E-state index in [0.29, 0.717) is 47.8 Å². The van der Waals surface area contributed by atoms with Gasteiger partial charge >= 0.3 is 0 Å². The van der Waals surface area contributed by atoms with Crippen LogP contribution < -0.4 is 10.1 Å². The number of amides is 3. The molecule has 0 aliphatic carbocycles. The Labute approximate surface area is 211 Å². The molecule has 4 rings (SSSR count). The summed E-state index contributed by atoms with van der Waals surface area (Å²) in [6.45, 7) is 2.51. The van der Waals surface area contributed by atoms with E-state index in [1.54, 1.807) is 55.6 Å². The first-order valence-corrected chi connectivity index (χ1v) is 12.6. The molecule has 2 saturated heterocycles. The number of likely N-dealkylation sites (tertiary alicyclic amines) is 2. The van der Waals surface area contributed by atoms with E-state index in [-0.39, 0.29) is 23.6 Å². The van der Waals surface area contributed by atoms with E-state index in [9.17, 15) is 14.4 Å². The van der Waals surface area contributed by atoms with E-state index in [0.717, 1.165) is 32.4 Å². The summed E-state index contributed by atoms with van der Waals surface area (Å²) in [7, 11) is 1.55. The van der Waals surface area contributed by atoms with Crippen LogP contribution in [-0.2, 0) is 4.79 Å². The van der Waals surface area contributed by atoms with Crippen LogP contribution in [0.15, 0.2) is 48.5 Å². The van der Waals surface area contributed by atoms with E-state index in [1.807, 2.05) is 9.80 Å². The van der Waals surface area contributed by atoms with Gasteiger partial charge in [-0.3, -0.25) is 14.4 Å². The molecule has 0 aromatic heterocycles. The van der Waals surface area contributed by atoms with Gasteiger partial charge in [0.2, 0.25) is 5.91 Å². The average molecular weight is 498 g/mol. The number of ether oxygens (including phenoxy) is 1. The number of hydrogen-bond acceptors (Lipinski definition) is 4. The second kappa shape index (κ2) is 11.6. The van der Waals surface area contributed by atoms with Gasteiger partial charge in [0.1, 0.15) is 11.8 Å². The topological polar surface area (TPSA) is 79.0 Å². The summed E-state index contributed by atoms with van der Waals surface area (Å²) in [4.78, 5) is 43.3. The summed E-state index contributed by atoms with van der Waals surface area (Å²) in [5, 5.41) is 3.62. The second-order valence-corrected chi connectivity index (χ2v) is 9.64. The van der Waals surface area contributed by atoms with Crippen LogP contribution in [0.1, 0.15) is 52.8 Å². The Morgan fingerprint density at radius 3 is 2.26 bits per heavy atom. The molecule has 186 valence electrons. The molecule has 0 saturated carbocycles. The van der Waals surface area contributed by atoms with Crippen molar-refractivity contribution in [3.63, 3.8) is 0 Å². The number of halogens is 1. The molecule has 1 atom stereocenters. The van der Waals surface area contributed by atoms with Gasteiger partial charge in [-0.15, -0.1) is 0 Å². The molecule has 0 radical (unpaired) electrons. The lowest BCUT2D eigenvalue weighted by Gasteiger charge is -2.38. The summed E-state index contributed by atoms with van der Waals surface area (Å²) in [5.74, 6) is 0.181. The number of hydrogen-bond donors (Lipinski definition) is 1. The molecule has 0 bridgehead atoms. The lowest BCUT2D eigenvalue weighted by atomic mass is 9.87. The maximum atomic E-state index is 13.5. The summed E-state index contributed by atoms with van der Waals surface area (Å²) < 4.78 is 5.25. The molecule has 2 fully saturated rings. The Kier molecular flexibility index (Phi) is 8.29. The van der Waals surface area contributed by atoms with Gasteiger partial charge in [0.15, 0.2) is 0 Å². The van der Waals surface area contributed by atoms with E-state index in [2.05, 4.69) is 5.32 Å². The first-order chi connectivity index (χ1) is 17.0. The molecule has 1 unspecified atom stereocenters. The van der Waals surface area contributed by atoms with Crippen molar-refractivity contribution in [2.75, 3.05) is 33.3 Å². The summed E-state index contributed by atoms with van der Waals surface area (Å²) in [6, 6.07) is 13.2.